The van der Waals surface area contributed by atoms with Crippen molar-refractivity contribution < 1.29 is 14.7 Å². The summed E-state index contributed by atoms with van der Waals surface area (Å²) in [6.07, 6.45) is 0. The van der Waals surface area contributed by atoms with Crippen LogP contribution in [0.1, 0.15) is 19.3 Å². The number of para-hydroxylation sites is 1. The molecule has 0 atom stereocenters. The lowest BCUT2D eigenvalue weighted by Crippen LogP contribution is -2.10. The fourth-order valence-corrected chi connectivity index (χ4v) is 2.24. The number of amides is 1. The van der Waals surface area contributed by atoms with E-state index in [1.165, 1.54) is 12.1 Å². The predicted molar refractivity (Wildman–Crippen MR) is 70.7 cm³/mol. The van der Waals surface area contributed by atoms with Crippen LogP contribution < -0.4 is 5.32 Å². The van der Waals surface area contributed by atoms with Crippen molar-refractivity contribution in [1.82, 2.24) is 0 Å². The van der Waals surface area contributed by atoms with Gasteiger partial charge in [-0.05, 0) is 24.3 Å². The van der Waals surface area contributed by atoms with Crippen molar-refractivity contribution in [2.45, 2.75) is 0 Å². The third-order valence-corrected chi connectivity index (χ3v) is 3.56. The minimum atomic E-state index is -1.04. The van der Waals surface area contributed by atoms with Gasteiger partial charge in [0.1, 0.15) is 4.88 Å². The van der Waals surface area contributed by atoms with Crippen LogP contribution in [0.2, 0.25) is 5.02 Å². The van der Waals surface area contributed by atoms with Crippen molar-refractivity contribution in [3.05, 3.63) is 51.2 Å². The molecule has 1 amide bonds. The quantitative estimate of drug-likeness (QED) is 0.906. The van der Waals surface area contributed by atoms with E-state index in [1.807, 2.05) is 0 Å². The Hall–Kier alpha value is -1.85. The van der Waals surface area contributed by atoms with Gasteiger partial charge in [0.2, 0.25) is 0 Å². The summed E-state index contributed by atoms with van der Waals surface area (Å²) in [6, 6.07) is 9.71. The lowest BCUT2D eigenvalue weighted by Gasteiger charge is -2.04. The van der Waals surface area contributed by atoms with Crippen LogP contribution in [0, 0.1) is 0 Å². The molecule has 2 N–H and O–H groups in total. The minimum Gasteiger partial charge on any atom is -0.477 e. The van der Waals surface area contributed by atoms with Crippen LogP contribution in [0.5, 0.6) is 0 Å². The van der Waals surface area contributed by atoms with Crippen molar-refractivity contribution in [1.29, 1.82) is 0 Å². The van der Waals surface area contributed by atoms with E-state index in [0.29, 0.717) is 15.6 Å². The summed E-state index contributed by atoms with van der Waals surface area (Å²) in [6.45, 7) is 0. The number of carboxylic acid groups (broad SMARTS) is 1. The van der Waals surface area contributed by atoms with Crippen LogP contribution in [-0.2, 0) is 0 Å². The van der Waals surface area contributed by atoms with Crippen molar-refractivity contribution in [3.63, 3.8) is 0 Å². The Balaban J connectivity index is 2.17. The van der Waals surface area contributed by atoms with Gasteiger partial charge in [-0.15, -0.1) is 11.3 Å². The van der Waals surface area contributed by atoms with Gasteiger partial charge in [0.25, 0.3) is 5.91 Å². The molecule has 0 saturated carbocycles. The number of rotatable bonds is 3. The normalized spacial score (nSPS) is 10.1. The molecule has 1 aromatic heterocycles. The third kappa shape index (κ3) is 2.69. The maximum atomic E-state index is 11.8. The molecule has 0 saturated heterocycles. The molecule has 0 aliphatic carbocycles. The molecule has 0 fully saturated rings. The molecule has 92 valence electrons. The highest BCUT2D eigenvalue weighted by molar-refractivity contribution is 7.15. The molecule has 0 unspecified atom stereocenters. The SMILES string of the molecule is O=C(O)c1ccc(C(=O)Nc2ccccc2Cl)s1. The highest BCUT2D eigenvalue weighted by Gasteiger charge is 2.13. The lowest BCUT2D eigenvalue weighted by atomic mass is 10.3. The Bertz CT molecular complexity index is 609. The summed E-state index contributed by atoms with van der Waals surface area (Å²) < 4.78 is 0. The lowest BCUT2D eigenvalue weighted by molar-refractivity contribution is 0.0702. The number of thiophene rings is 1. The summed E-state index contributed by atoms with van der Waals surface area (Å²) in [7, 11) is 0. The molecular weight excluding hydrogens is 274 g/mol. The maximum Gasteiger partial charge on any atom is 0.345 e. The monoisotopic (exact) mass is 281 g/mol. The average Bonchev–Trinajstić information content (AvgIpc) is 2.81. The fourth-order valence-electron chi connectivity index (χ4n) is 1.32. The van der Waals surface area contributed by atoms with Gasteiger partial charge in [0, 0.05) is 0 Å². The smallest absolute Gasteiger partial charge is 0.345 e. The van der Waals surface area contributed by atoms with Gasteiger partial charge in [-0.2, -0.15) is 0 Å². The highest BCUT2D eigenvalue weighted by Crippen LogP contribution is 2.23. The molecule has 18 heavy (non-hydrogen) atoms. The van der Waals surface area contributed by atoms with Crippen molar-refractivity contribution in [2.75, 3.05) is 5.32 Å². The highest BCUT2D eigenvalue weighted by atomic mass is 35.5. The predicted octanol–water partition coefficient (Wildman–Crippen LogP) is 3.35. The van der Waals surface area contributed by atoms with Gasteiger partial charge in [0.15, 0.2) is 0 Å². The maximum absolute atomic E-state index is 11.8. The second-order valence-corrected chi connectivity index (χ2v) is 4.89. The third-order valence-electron chi connectivity index (χ3n) is 2.16. The second kappa shape index (κ2) is 5.20. The Morgan fingerprint density at radius 2 is 1.78 bits per heavy atom. The van der Waals surface area contributed by atoms with Gasteiger partial charge in [-0.1, -0.05) is 23.7 Å². The number of aromatic carboxylic acids is 1. The van der Waals surface area contributed by atoms with Crippen LogP contribution in [0.3, 0.4) is 0 Å². The zero-order valence-corrected chi connectivity index (χ0v) is 10.6. The molecule has 0 spiro atoms. The van der Waals surface area contributed by atoms with Crippen molar-refractivity contribution in [3.8, 4) is 0 Å². The number of halogens is 1. The first-order valence-electron chi connectivity index (χ1n) is 4.97. The van der Waals surface area contributed by atoms with E-state index in [4.69, 9.17) is 16.7 Å². The van der Waals surface area contributed by atoms with E-state index in [9.17, 15) is 9.59 Å². The number of hydrogen-bond acceptors (Lipinski definition) is 3. The number of carboxylic acids is 1. The van der Waals surface area contributed by atoms with Crippen LogP contribution >= 0.6 is 22.9 Å². The number of nitrogens with one attached hydrogen (secondary N) is 1. The fraction of sp³-hybridized carbons (Fsp3) is 0. The molecule has 4 nitrogen and oxygen atoms in total. The summed E-state index contributed by atoms with van der Waals surface area (Å²) in [4.78, 5) is 23.0. The average molecular weight is 282 g/mol. The van der Waals surface area contributed by atoms with Crippen LogP contribution in [-0.4, -0.2) is 17.0 Å². The Labute approximate surface area is 112 Å². The van der Waals surface area contributed by atoms with Crippen LogP contribution in [0.25, 0.3) is 0 Å². The molecule has 0 bridgehead atoms. The van der Waals surface area contributed by atoms with Gasteiger partial charge in [-0.25, -0.2) is 4.79 Å². The van der Waals surface area contributed by atoms with E-state index in [1.54, 1.807) is 24.3 Å². The summed E-state index contributed by atoms with van der Waals surface area (Å²) in [5.41, 5.74) is 0.495. The Morgan fingerprint density at radius 3 is 2.39 bits per heavy atom. The van der Waals surface area contributed by atoms with Gasteiger partial charge < -0.3 is 10.4 Å². The zero-order valence-electron chi connectivity index (χ0n) is 9.01. The van der Waals surface area contributed by atoms with E-state index < -0.39 is 5.97 Å². The van der Waals surface area contributed by atoms with E-state index in [2.05, 4.69) is 5.32 Å². The van der Waals surface area contributed by atoms with E-state index >= 15 is 0 Å². The topological polar surface area (TPSA) is 66.4 Å². The standard InChI is InChI=1S/C12H8ClNO3S/c13-7-3-1-2-4-8(7)14-11(15)9-5-6-10(18-9)12(16)17/h1-6H,(H,14,15)(H,16,17). The van der Waals surface area contributed by atoms with Crippen molar-refractivity contribution >= 4 is 40.5 Å². The van der Waals surface area contributed by atoms with Gasteiger partial charge in [0.05, 0.1) is 15.6 Å². The van der Waals surface area contributed by atoms with Crippen LogP contribution in [0.15, 0.2) is 36.4 Å². The molecule has 1 heterocycles. The molecule has 2 rings (SSSR count). The summed E-state index contributed by atoms with van der Waals surface area (Å²) in [5.74, 6) is -1.42. The van der Waals surface area contributed by atoms with Gasteiger partial charge >= 0.3 is 5.97 Å². The summed E-state index contributed by atoms with van der Waals surface area (Å²) in [5, 5.41) is 11.8. The van der Waals surface area contributed by atoms with E-state index in [0.717, 1.165) is 11.3 Å². The zero-order chi connectivity index (χ0) is 13.1. The number of benzene rings is 1. The minimum absolute atomic E-state index is 0.124. The first kappa shape index (κ1) is 12.6. The largest absolute Gasteiger partial charge is 0.477 e. The Morgan fingerprint density at radius 1 is 1.11 bits per heavy atom. The molecule has 6 heteroatoms. The van der Waals surface area contributed by atoms with Gasteiger partial charge in [-0.3, -0.25) is 4.79 Å². The molecule has 2 aromatic rings. The van der Waals surface area contributed by atoms with Crippen molar-refractivity contribution in [2.24, 2.45) is 0 Å². The number of carbonyl (C=O) groups excluding carboxylic acids is 1. The molecule has 0 radical (unpaired) electrons. The second-order valence-electron chi connectivity index (χ2n) is 3.40. The first-order chi connectivity index (χ1) is 8.58. The Kier molecular flexibility index (Phi) is 3.64. The molecule has 0 aliphatic heterocycles. The van der Waals surface area contributed by atoms with Crippen LogP contribution in [0.4, 0.5) is 5.69 Å². The summed E-state index contributed by atoms with van der Waals surface area (Å²) >= 11 is 6.83. The number of hydrogen-bond donors (Lipinski definition) is 2. The molecule has 0 aliphatic rings. The number of carbonyl (C=O) groups is 2. The first-order valence-corrected chi connectivity index (χ1v) is 6.16. The molecule has 1 aromatic carbocycles. The molecular formula is C12H8ClNO3S. The van der Waals surface area contributed by atoms with E-state index in [-0.39, 0.29) is 10.8 Å². The number of anilines is 1.